The Morgan fingerprint density at radius 1 is 0.952 bits per heavy atom. The minimum atomic E-state index is 0.387. The van der Waals surface area contributed by atoms with E-state index in [1.807, 2.05) is 11.8 Å². The zero-order chi connectivity index (χ0) is 14.9. The van der Waals surface area contributed by atoms with Gasteiger partial charge in [-0.1, -0.05) is 67.6 Å². The van der Waals surface area contributed by atoms with Gasteiger partial charge in [0.05, 0.1) is 0 Å². The van der Waals surface area contributed by atoms with Gasteiger partial charge in [-0.05, 0) is 42.0 Å². The molecular weight excluding hydrogens is 274 g/mol. The lowest BCUT2D eigenvalue weighted by Crippen LogP contribution is -2.28. The molecule has 0 aliphatic rings. The number of nitrogens with one attached hydrogen (secondary N) is 1. The van der Waals surface area contributed by atoms with Crippen molar-refractivity contribution in [2.45, 2.75) is 19.4 Å². The van der Waals surface area contributed by atoms with Crippen LogP contribution in [-0.2, 0) is 6.42 Å². The summed E-state index contributed by atoms with van der Waals surface area (Å²) in [7, 11) is 0. The molecule has 1 N–H and O–H groups in total. The van der Waals surface area contributed by atoms with Gasteiger partial charge in [-0.15, -0.1) is 0 Å². The zero-order valence-corrected chi connectivity index (χ0v) is 13.8. The number of benzene rings is 2. The molecule has 0 aromatic heterocycles. The summed E-state index contributed by atoms with van der Waals surface area (Å²) in [6.45, 7) is 3.38. The lowest BCUT2D eigenvalue weighted by molar-refractivity contribution is 0.475. The number of hydrogen-bond donors (Lipinski definition) is 1. The summed E-state index contributed by atoms with van der Waals surface area (Å²) in [6.07, 6.45) is 3.21. The lowest BCUT2D eigenvalue weighted by Gasteiger charge is -2.22. The molecule has 0 fully saturated rings. The van der Waals surface area contributed by atoms with Crippen molar-refractivity contribution in [2.24, 2.45) is 5.92 Å². The lowest BCUT2D eigenvalue weighted by atomic mass is 9.98. The molecule has 2 rings (SSSR count). The molecule has 0 saturated heterocycles. The van der Waals surface area contributed by atoms with Gasteiger partial charge >= 0.3 is 0 Å². The first-order valence-electron chi connectivity index (χ1n) is 7.60. The molecule has 2 heteroatoms. The third kappa shape index (κ3) is 5.56. The van der Waals surface area contributed by atoms with Crippen molar-refractivity contribution < 1.29 is 0 Å². The van der Waals surface area contributed by atoms with E-state index in [1.54, 1.807) is 0 Å². The molecule has 21 heavy (non-hydrogen) atoms. The van der Waals surface area contributed by atoms with E-state index in [-0.39, 0.29) is 0 Å². The normalized spacial score (nSPS) is 13.8. The van der Waals surface area contributed by atoms with Gasteiger partial charge in [-0.3, -0.25) is 0 Å². The Bertz CT molecular complexity index is 497. The molecule has 1 nitrogen and oxygen atoms in total. The summed E-state index contributed by atoms with van der Waals surface area (Å²) in [4.78, 5) is 0. The van der Waals surface area contributed by atoms with Crippen LogP contribution in [0.15, 0.2) is 60.7 Å². The molecular formula is C19H25NS. The molecule has 0 aliphatic carbocycles. The third-order valence-corrected chi connectivity index (χ3v) is 4.55. The first kappa shape index (κ1) is 16.1. The molecule has 0 saturated carbocycles. The average molecular weight is 299 g/mol. The van der Waals surface area contributed by atoms with Crippen molar-refractivity contribution in [1.82, 2.24) is 5.32 Å². The van der Waals surface area contributed by atoms with Crippen LogP contribution in [0.3, 0.4) is 0 Å². The second-order valence-electron chi connectivity index (χ2n) is 5.62. The van der Waals surface area contributed by atoms with Crippen LogP contribution in [0.1, 0.15) is 24.1 Å². The van der Waals surface area contributed by atoms with Crippen molar-refractivity contribution in [2.75, 3.05) is 18.6 Å². The number of thioether (sulfide) groups is 1. The van der Waals surface area contributed by atoms with E-state index in [1.165, 1.54) is 16.9 Å². The summed E-state index contributed by atoms with van der Waals surface area (Å²) in [5.41, 5.74) is 2.76. The predicted molar refractivity (Wildman–Crippen MR) is 94.9 cm³/mol. The fourth-order valence-corrected chi connectivity index (χ4v) is 3.22. The van der Waals surface area contributed by atoms with E-state index in [4.69, 9.17) is 0 Å². The standard InChI is InChI=1S/C19H25NS/c1-16(15-21-2)14-20-19(18-11-7-4-8-12-18)13-17-9-5-3-6-10-17/h3-12,16,19-20H,13-15H2,1-2H3. The topological polar surface area (TPSA) is 12.0 Å². The molecule has 2 atom stereocenters. The van der Waals surface area contributed by atoms with Gasteiger partial charge < -0.3 is 5.32 Å². The van der Waals surface area contributed by atoms with E-state index < -0.39 is 0 Å². The van der Waals surface area contributed by atoms with Crippen LogP contribution in [-0.4, -0.2) is 18.6 Å². The van der Waals surface area contributed by atoms with Crippen molar-refractivity contribution in [3.63, 3.8) is 0 Å². The third-order valence-electron chi connectivity index (χ3n) is 3.65. The summed E-state index contributed by atoms with van der Waals surface area (Å²) in [5, 5.41) is 3.76. The van der Waals surface area contributed by atoms with Crippen LogP contribution in [0.25, 0.3) is 0 Å². The molecule has 2 aromatic rings. The van der Waals surface area contributed by atoms with Crippen molar-refractivity contribution in [3.05, 3.63) is 71.8 Å². The number of hydrogen-bond acceptors (Lipinski definition) is 2. The maximum absolute atomic E-state index is 3.76. The predicted octanol–water partition coefficient (Wildman–Crippen LogP) is 4.56. The summed E-state index contributed by atoms with van der Waals surface area (Å²) >= 11 is 1.92. The van der Waals surface area contributed by atoms with Crippen molar-refractivity contribution in [3.8, 4) is 0 Å². The zero-order valence-electron chi connectivity index (χ0n) is 13.0. The van der Waals surface area contributed by atoms with E-state index in [0.717, 1.165) is 13.0 Å². The van der Waals surface area contributed by atoms with Gasteiger partial charge in [-0.25, -0.2) is 0 Å². The first-order chi connectivity index (χ1) is 10.3. The molecule has 0 bridgehead atoms. The van der Waals surface area contributed by atoms with Crippen LogP contribution >= 0.6 is 11.8 Å². The molecule has 0 heterocycles. The molecule has 0 radical (unpaired) electrons. The molecule has 112 valence electrons. The molecule has 0 amide bonds. The van der Waals surface area contributed by atoms with Crippen LogP contribution in [0.5, 0.6) is 0 Å². The second kappa shape index (κ2) is 8.91. The van der Waals surface area contributed by atoms with Gasteiger partial charge in [0.2, 0.25) is 0 Å². The van der Waals surface area contributed by atoms with Crippen LogP contribution < -0.4 is 5.32 Å². The summed E-state index contributed by atoms with van der Waals surface area (Å²) in [5.74, 6) is 1.90. The largest absolute Gasteiger partial charge is 0.309 e. The fraction of sp³-hybridized carbons (Fsp3) is 0.368. The van der Waals surface area contributed by atoms with E-state index >= 15 is 0 Å². The highest BCUT2D eigenvalue weighted by Crippen LogP contribution is 2.19. The van der Waals surface area contributed by atoms with E-state index in [9.17, 15) is 0 Å². The molecule has 0 aliphatic heterocycles. The van der Waals surface area contributed by atoms with Crippen molar-refractivity contribution in [1.29, 1.82) is 0 Å². The Kier molecular flexibility index (Phi) is 6.84. The maximum Gasteiger partial charge on any atom is 0.0360 e. The molecule has 0 spiro atoms. The highest BCUT2D eigenvalue weighted by atomic mass is 32.2. The average Bonchev–Trinajstić information content (AvgIpc) is 2.53. The van der Waals surface area contributed by atoms with Crippen LogP contribution in [0.4, 0.5) is 0 Å². The Morgan fingerprint density at radius 2 is 1.57 bits per heavy atom. The van der Waals surface area contributed by atoms with Gasteiger partial charge in [0.15, 0.2) is 0 Å². The second-order valence-corrected chi connectivity index (χ2v) is 6.53. The van der Waals surface area contributed by atoms with E-state index in [2.05, 4.69) is 79.2 Å². The first-order valence-corrected chi connectivity index (χ1v) is 9.00. The maximum atomic E-state index is 3.76. The Morgan fingerprint density at radius 3 is 2.19 bits per heavy atom. The van der Waals surface area contributed by atoms with Crippen molar-refractivity contribution >= 4 is 11.8 Å². The SMILES string of the molecule is CSCC(C)CNC(Cc1ccccc1)c1ccccc1. The van der Waals surface area contributed by atoms with Gasteiger partial charge in [0.1, 0.15) is 0 Å². The Hall–Kier alpha value is -1.25. The van der Waals surface area contributed by atoms with Gasteiger partial charge in [0, 0.05) is 6.04 Å². The Balaban J connectivity index is 2.04. The summed E-state index contributed by atoms with van der Waals surface area (Å²) in [6, 6.07) is 21.9. The van der Waals surface area contributed by atoms with Gasteiger partial charge in [0.25, 0.3) is 0 Å². The Labute approximate surface area is 133 Å². The smallest absolute Gasteiger partial charge is 0.0360 e. The van der Waals surface area contributed by atoms with Gasteiger partial charge in [-0.2, -0.15) is 11.8 Å². The number of rotatable bonds is 8. The summed E-state index contributed by atoms with van der Waals surface area (Å²) < 4.78 is 0. The molecule has 2 aromatic carbocycles. The minimum absolute atomic E-state index is 0.387. The molecule has 2 unspecified atom stereocenters. The fourth-order valence-electron chi connectivity index (χ4n) is 2.53. The quantitative estimate of drug-likeness (QED) is 0.767. The minimum Gasteiger partial charge on any atom is -0.309 e. The monoisotopic (exact) mass is 299 g/mol. The highest BCUT2D eigenvalue weighted by Gasteiger charge is 2.13. The van der Waals surface area contributed by atoms with Crippen LogP contribution in [0, 0.1) is 5.92 Å². The van der Waals surface area contributed by atoms with E-state index in [0.29, 0.717) is 12.0 Å². The van der Waals surface area contributed by atoms with Crippen LogP contribution in [0.2, 0.25) is 0 Å². The highest BCUT2D eigenvalue weighted by molar-refractivity contribution is 7.98.